The molecular weight excluding hydrogens is 474 g/mol. The molecule has 0 atom stereocenters. The van der Waals surface area contributed by atoms with Crippen LogP contribution in [0.25, 0.3) is 0 Å². The van der Waals surface area contributed by atoms with Gasteiger partial charge in [0.1, 0.15) is 5.69 Å². The second kappa shape index (κ2) is 11.8. The Balaban J connectivity index is 1.71. The second-order valence-electron chi connectivity index (χ2n) is 7.88. The van der Waals surface area contributed by atoms with E-state index in [1.165, 1.54) is 37.4 Å². The highest BCUT2D eigenvalue weighted by molar-refractivity contribution is 6.04. The molecule has 0 radical (unpaired) electrons. The minimum absolute atomic E-state index is 0.0336. The third-order valence-electron chi connectivity index (χ3n) is 5.56. The molecule has 12 nitrogen and oxygen atoms in total. The molecule has 0 saturated carbocycles. The summed E-state index contributed by atoms with van der Waals surface area (Å²) in [7, 11) is 2.33. The van der Waals surface area contributed by atoms with E-state index in [1.54, 1.807) is 0 Å². The lowest BCUT2D eigenvalue weighted by Crippen LogP contribution is -2.30. The molecule has 1 saturated heterocycles. The standard InChI is InChI=1S/C24H25N3O9/c1-34-22(29)15-6-8-17(24(31)35-2)18(12-15)25-21(28)14-36-23(30)16-7-9-19(20(13-16)27(32)33)26-10-4-3-5-11-26/h6-9,12-13H,3-5,10-11,14H2,1-2H3,(H,25,28). The Hall–Kier alpha value is -4.48. The van der Waals surface area contributed by atoms with Crippen molar-refractivity contribution >= 4 is 40.9 Å². The van der Waals surface area contributed by atoms with Gasteiger partial charge in [-0.2, -0.15) is 0 Å². The third-order valence-corrected chi connectivity index (χ3v) is 5.56. The Morgan fingerprint density at radius 1 is 0.917 bits per heavy atom. The van der Waals surface area contributed by atoms with Crippen LogP contribution in [0.4, 0.5) is 17.1 Å². The zero-order valence-electron chi connectivity index (χ0n) is 19.8. The lowest BCUT2D eigenvalue weighted by Gasteiger charge is -2.28. The first-order chi connectivity index (χ1) is 17.2. The maximum absolute atomic E-state index is 12.5. The van der Waals surface area contributed by atoms with Gasteiger partial charge in [0.2, 0.25) is 0 Å². The minimum Gasteiger partial charge on any atom is -0.465 e. The largest absolute Gasteiger partial charge is 0.465 e. The van der Waals surface area contributed by atoms with Gasteiger partial charge in [-0.15, -0.1) is 0 Å². The average molecular weight is 499 g/mol. The van der Waals surface area contributed by atoms with Crippen LogP contribution in [0.2, 0.25) is 0 Å². The van der Waals surface area contributed by atoms with Crippen molar-refractivity contribution < 1.29 is 38.3 Å². The molecule has 12 heteroatoms. The van der Waals surface area contributed by atoms with Gasteiger partial charge in [0, 0.05) is 19.2 Å². The molecule has 1 heterocycles. The first-order valence-corrected chi connectivity index (χ1v) is 11.1. The number of nitro benzene ring substituents is 1. The van der Waals surface area contributed by atoms with E-state index in [4.69, 9.17) is 4.74 Å². The quantitative estimate of drug-likeness (QED) is 0.248. The number of anilines is 2. The van der Waals surface area contributed by atoms with E-state index in [0.717, 1.165) is 32.4 Å². The van der Waals surface area contributed by atoms with Crippen molar-refractivity contribution in [1.82, 2.24) is 0 Å². The van der Waals surface area contributed by atoms with Gasteiger partial charge in [0.15, 0.2) is 6.61 Å². The molecule has 1 aliphatic heterocycles. The van der Waals surface area contributed by atoms with Gasteiger partial charge >= 0.3 is 17.9 Å². The number of hydrogen-bond acceptors (Lipinski definition) is 10. The van der Waals surface area contributed by atoms with Crippen LogP contribution in [0.15, 0.2) is 36.4 Å². The number of nitrogens with one attached hydrogen (secondary N) is 1. The number of rotatable bonds is 8. The molecule has 36 heavy (non-hydrogen) atoms. The number of amides is 1. The molecule has 0 spiro atoms. The first-order valence-electron chi connectivity index (χ1n) is 11.1. The molecule has 190 valence electrons. The fraction of sp³-hybridized carbons (Fsp3) is 0.333. The summed E-state index contributed by atoms with van der Waals surface area (Å²) >= 11 is 0. The summed E-state index contributed by atoms with van der Waals surface area (Å²) in [6.45, 7) is 0.634. The summed E-state index contributed by atoms with van der Waals surface area (Å²) in [5.41, 5.74) is 0.103. The Kier molecular flexibility index (Phi) is 8.55. The number of nitro groups is 1. The van der Waals surface area contributed by atoms with Crippen LogP contribution in [0.1, 0.15) is 50.3 Å². The maximum Gasteiger partial charge on any atom is 0.339 e. The molecule has 0 aromatic heterocycles. The molecule has 0 aliphatic carbocycles. The molecule has 1 fully saturated rings. The van der Waals surface area contributed by atoms with Crippen molar-refractivity contribution in [3.8, 4) is 0 Å². The zero-order valence-corrected chi connectivity index (χ0v) is 19.8. The molecule has 1 aliphatic rings. The van der Waals surface area contributed by atoms with Gasteiger partial charge in [0.05, 0.1) is 41.5 Å². The predicted octanol–water partition coefficient (Wildman–Crippen LogP) is 2.95. The number of piperidine rings is 1. The van der Waals surface area contributed by atoms with E-state index >= 15 is 0 Å². The number of benzene rings is 2. The number of methoxy groups -OCH3 is 2. The Morgan fingerprint density at radius 2 is 1.56 bits per heavy atom. The molecule has 2 aromatic rings. The van der Waals surface area contributed by atoms with Crippen LogP contribution < -0.4 is 10.2 Å². The third kappa shape index (κ3) is 6.14. The molecule has 0 unspecified atom stereocenters. The highest BCUT2D eigenvalue weighted by Crippen LogP contribution is 2.31. The highest BCUT2D eigenvalue weighted by atomic mass is 16.6. The first kappa shape index (κ1) is 26.1. The summed E-state index contributed by atoms with van der Waals surface area (Å²) in [5.74, 6) is -3.20. The van der Waals surface area contributed by atoms with Gasteiger partial charge in [0.25, 0.3) is 11.6 Å². The molecule has 0 bridgehead atoms. The number of ether oxygens (including phenoxy) is 3. The molecule has 1 N–H and O–H groups in total. The normalized spacial score (nSPS) is 12.9. The van der Waals surface area contributed by atoms with E-state index < -0.39 is 35.3 Å². The highest BCUT2D eigenvalue weighted by Gasteiger charge is 2.24. The summed E-state index contributed by atoms with van der Waals surface area (Å²) in [4.78, 5) is 61.7. The summed E-state index contributed by atoms with van der Waals surface area (Å²) in [6, 6.07) is 7.87. The number of carbonyl (C=O) groups is 4. The minimum atomic E-state index is -0.935. The van der Waals surface area contributed by atoms with Crippen LogP contribution in [0, 0.1) is 10.1 Å². The van der Waals surface area contributed by atoms with Crippen LogP contribution in [-0.4, -0.2) is 62.7 Å². The van der Waals surface area contributed by atoms with Gasteiger partial charge < -0.3 is 24.4 Å². The van der Waals surface area contributed by atoms with E-state index in [1.807, 2.05) is 4.90 Å². The number of carbonyl (C=O) groups excluding carboxylic acids is 4. The molecule has 3 rings (SSSR count). The van der Waals surface area contributed by atoms with Crippen LogP contribution in [0.3, 0.4) is 0 Å². The van der Waals surface area contributed by atoms with Gasteiger partial charge in [-0.25, -0.2) is 14.4 Å². The Bertz CT molecular complexity index is 1190. The smallest absolute Gasteiger partial charge is 0.339 e. The predicted molar refractivity (Wildman–Crippen MR) is 127 cm³/mol. The van der Waals surface area contributed by atoms with Crippen LogP contribution in [-0.2, 0) is 19.0 Å². The Morgan fingerprint density at radius 3 is 2.19 bits per heavy atom. The van der Waals surface area contributed by atoms with Crippen LogP contribution >= 0.6 is 0 Å². The summed E-state index contributed by atoms with van der Waals surface area (Å²) in [5, 5.41) is 14.0. The van der Waals surface area contributed by atoms with Crippen molar-refractivity contribution in [2.75, 3.05) is 44.1 Å². The summed E-state index contributed by atoms with van der Waals surface area (Å²) in [6.07, 6.45) is 2.91. The lowest BCUT2D eigenvalue weighted by molar-refractivity contribution is -0.384. The van der Waals surface area contributed by atoms with Gasteiger partial charge in [-0.1, -0.05) is 0 Å². The fourth-order valence-corrected chi connectivity index (χ4v) is 3.78. The van der Waals surface area contributed by atoms with Crippen molar-refractivity contribution in [2.45, 2.75) is 19.3 Å². The number of hydrogen-bond donors (Lipinski definition) is 1. The van der Waals surface area contributed by atoms with Crippen molar-refractivity contribution in [3.05, 3.63) is 63.2 Å². The van der Waals surface area contributed by atoms with Crippen molar-refractivity contribution in [2.24, 2.45) is 0 Å². The molecular formula is C24H25N3O9. The SMILES string of the molecule is COC(=O)c1ccc(C(=O)OC)c(NC(=O)COC(=O)c2ccc(N3CCCCC3)c([N+](=O)[O-])c2)c1. The van der Waals surface area contributed by atoms with E-state index in [9.17, 15) is 29.3 Å². The average Bonchev–Trinajstić information content (AvgIpc) is 2.90. The van der Waals surface area contributed by atoms with Crippen LogP contribution in [0.5, 0.6) is 0 Å². The van der Waals surface area contributed by atoms with Gasteiger partial charge in [-0.05, 0) is 49.6 Å². The lowest BCUT2D eigenvalue weighted by atomic mass is 10.1. The Labute approximate surface area is 206 Å². The fourth-order valence-electron chi connectivity index (χ4n) is 3.78. The molecule has 1 amide bonds. The monoisotopic (exact) mass is 499 g/mol. The topological polar surface area (TPSA) is 154 Å². The van der Waals surface area contributed by atoms with Crippen molar-refractivity contribution in [3.63, 3.8) is 0 Å². The van der Waals surface area contributed by atoms with E-state index in [0.29, 0.717) is 18.8 Å². The maximum atomic E-state index is 12.5. The van der Waals surface area contributed by atoms with E-state index in [-0.39, 0.29) is 28.1 Å². The van der Waals surface area contributed by atoms with Gasteiger partial charge in [-0.3, -0.25) is 14.9 Å². The zero-order chi connectivity index (χ0) is 26.2. The number of esters is 3. The van der Waals surface area contributed by atoms with E-state index in [2.05, 4.69) is 14.8 Å². The van der Waals surface area contributed by atoms with Crippen molar-refractivity contribution in [1.29, 1.82) is 0 Å². The molecule has 2 aromatic carbocycles. The second-order valence-corrected chi connectivity index (χ2v) is 7.88. The number of nitrogens with zero attached hydrogens (tertiary/aromatic N) is 2. The summed E-state index contributed by atoms with van der Waals surface area (Å²) < 4.78 is 14.3.